The van der Waals surface area contributed by atoms with E-state index in [1.807, 2.05) is 24.3 Å². The highest BCUT2D eigenvalue weighted by molar-refractivity contribution is 5.74. The number of aromatic hydroxyl groups is 1. The topological polar surface area (TPSA) is 94.1 Å². The molecule has 2 aromatic heterocycles. The highest BCUT2D eigenvalue weighted by Crippen LogP contribution is 2.42. The number of piperidine rings is 2. The molecule has 0 spiro atoms. The van der Waals surface area contributed by atoms with Gasteiger partial charge in [-0.3, -0.25) is 4.79 Å². The Labute approximate surface area is 193 Å². The van der Waals surface area contributed by atoms with Gasteiger partial charge in [-0.1, -0.05) is 6.07 Å². The zero-order valence-electron chi connectivity index (χ0n) is 19.4. The van der Waals surface area contributed by atoms with E-state index in [1.165, 1.54) is 25.3 Å². The molecular formula is C26H31N5O2. The Balaban J connectivity index is 1.36. The van der Waals surface area contributed by atoms with Crippen molar-refractivity contribution in [2.24, 2.45) is 0 Å². The molecule has 1 aromatic carbocycles. The molecule has 2 fully saturated rings. The van der Waals surface area contributed by atoms with Crippen LogP contribution in [0.2, 0.25) is 0 Å². The lowest BCUT2D eigenvalue weighted by Gasteiger charge is -2.55. The standard InChI is InChI=1S/C26H31N5O2/c1-25-10-4-11-26(2,30-25)16-19(15-25)31(3)23-8-7-21(28-29-23)20-6-5-17(13-22(20)32)18-9-12-27-24(33)14-18/h5-9,12-14,19,30,32H,4,10-11,15-16H2,1-3H3,(H,27,33)/t19-,25+,26-. The van der Waals surface area contributed by atoms with E-state index in [9.17, 15) is 9.90 Å². The Morgan fingerprint density at radius 1 is 1.00 bits per heavy atom. The first kappa shape index (κ1) is 21.6. The molecule has 2 aliphatic heterocycles. The van der Waals surface area contributed by atoms with Gasteiger partial charge in [-0.2, -0.15) is 0 Å². The second-order valence-corrected chi connectivity index (χ2v) is 10.2. The summed E-state index contributed by atoms with van der Waals surface area (Å²) >= 11 is 0. The first-order chi connectivity index (χ1) is 15.7. The lowest BCUT2D eigenvalue weighted by molar-refractivity contribution is 0.0784. The van der Waals surface area contributed by atoms with Gasteiger partial charge in [0.25, 0.3) is 0 Å². The summed E-state index contributed by atoms with van der Waals surface area (Å²) in [4.78, 5) is 16.4. The quantitative estimate of drug-likeness (QED) is 0.560. The number of anilines is 1. The summed E-state index contributed by atoms with van der Waals surface area (Å²) in [5.74, 6) is 0.950. The molecule has 0 amide bonds. The van der Waals surface area contributed by atoms with Crippen molar-refractivity contribution >= 4 is 5.82 Å². The predicted molar refractivity (Wildman–Crippen MR) is 130 cm³/mol. The van der Waals surface area contributed by atoms with Crippen LogP contribution in [0.5, 0.6) is 5.75 Å². The van der Waals surface area contributed by atoms with Crippen LogP contribution in [0.1, 0.15) is 46.0 Å². The van der Waals surface area contributed by atoms with Gasteiger partial charge in [0.2, 0.25) is 5.56 Å². The van der Waals surface area contributed by atoms with Crippen molar-refractivity contribution in [3.05, 3.63) is 59.0 Å². The van der Waals surface area contributed by atoms with Gasteiger partial charge in [0.15, 0.2) is 5.82 Å². The molecule has 4 heterocycles. The molecule has 5 rings (SSSR count). The van der Waals surface area contributed by atoms with Crippen LogP contribution >= 0.6 is 0 Å². The van der Waals surface area contributed by atoms with Crippen molar-refractivity contribution in [2.75, 3.05) is 11.9 Å². The number of phenolic OH excluding ortho intramolecular Hbond substituents is 1. The highest BCUT2D eigenvalue weighted by Gasteiger charge is 2.46. The smallest absolute Gasteiger partial charge is 0.248 e. The van der Waals surface area contributed by atoms with Gasteiger partial charge < -0.3 is 20.3 Å². The Morgan fingerprint density at radius 3 is 2.36 bits per heavy atom. The first-order valence-corrected chi connectivity index (χ1v) is 11.6. The highest BCUT2D eigenvalue weighted by atomic mass is 16.3. The monoisotopic (exact) mass is 445 g/mol. The molecule has 7 heteroatoms. The Hall–Kier alpha value is -3.19. The van der Waals surface area contributed by atoms with E-state index < -0.39 is 0 Å². The number of benzene rings is 1. The third kappa shape index (κ3) is 4.25. The van der Waals surface area contributed by atoms with E-state index in [0.29, 0.717) is 17.3 Å². The van der Waals surface area contributed by atoms with Gasteiger partial charge in [-0.05, 0) is 87.4 Å². The zero-order chi connectivity index (χ0) is 23.2. The number of rotatable bonds is 4. The molecular weight excluding hydrogens is 414 g/mol. The minimum absolute atomic E-state index is 0.107. The van der Waals surface area contributed by atoms with Crippen molar-refractivity contribution in [1.29, 1.82) is 0 Å². The fourth-order valence-electron chi connectivity index (χ4n) is 5.81. The molecule has 3 atom stereocenters. The Kier molecular flexibility index (Phi) is 5.24. The lowest BCUT2D eigenvalue weighted by atomic mass is 9.69. The van der Waals surface area contributed by atoms with Crippen molar-refractivity contribution in [3.8, 4) is 28.1 Å². The molecule has 3 N–H and O–H groups in total. The normalized spacial score (nSPS) is 26.7. The van der Waals surface area contributed by atoms with E-state index >= 15 is 0 Å². The molecule has 172 valence electrons. The summed E-state index contributed by atoms with van der Waals surface area (Å²) in [6, 6.07) is 13.0. The lowest BCUT2D eigenvalue weighted by Crippen LogP contribution is -2.66. The zero-order valence-corrected chi connectivity index (χ0v) is 19.4. The molecule has 2 aliphatic rings. The summed E-state index contributed by atoms with van der Waals surface area (Å²) in [5, 5.41) is 23.5. The van der Waals surface area contributed by atoms with Gasteiger partial charge in [0.05, 0.1) is 5.69 Å². The molecule has 0 unspecified atom stereocenters. The molecule has 2 saturated heterocycles. The average Bonchev–Trinajstić information content (AvgIpc) is 2.77. The van der Waals surface area contributed by atoms with Crippen LogP contribution in [0.25, 0.3) is 22.4 Å². The SMILES string of the molecule is CN(c1ccc(-c2ccc(-c3cc[nH]c(=O)c3)cc2O)nn1)[C@@H]1C[C@]2(C)CCC[C@](C)(C1)N2. The van der Waals surface area contributed by atoms with Crippen molar-refractivity contribution in [3.63, 3.8) is 0 Å². The number of hydrogen-bond acceptors (Lipinski definition) is 6. The fourth-order valence-corrected chi connectivity index (χ4v) is 5.81. The third-order valence-electron chi connectivity index (χ3n) is 7.37. The maximum Gasteiger partial charge on any atom is 0.248 e. The van der Waals surface area contributed by atoms with Gasteiger partial charge in [0.1, 0.15) is 5.75 Å². The largest absolute Gasteiger partial charge is 0.507 e. The average molecular weight is 446 g/mol. The van der Waals surface area contributed by atoms with Gasteiger partial charge in [-0.15, -0.1) is 10.2 Å². The minimum Gasteiger partial charge on any atom is -0.507 e. The minimum atomic E-state index is -0.179. The molecule has 7 nitrogen and oxygen atoms in total. The Morgan fingerprint density at radius 2 is 1.73 bits per heavy atom. The van der Waals surface area contributed by atoms with Gasteiger partial charge in [0, 0.05) is 42.0 Å². The number of aromatic amines is 1. The third-order valence-corrected chi connectivity index (χ3v) is 7.37. The summed E-state index contributed by atoms with van der Waals surface area (Å²) in [6.07, 6.45) is 7.49. The van der Waals surface area contributed by atoms with Crippen molar-refractivity contribution in [1.82, 2.24) is 20.5 Å². The predicted octanol–water partition coefficient (Wildman–Crippen LogP) is 4.09. The molecule has 33 heavy (non-hydrogen) atoms. The maximum absolute atomic E-state index is 11.6. The van der Waals surface area contributed by atoms with Crippen LogP contribution in [0.15, 0.2) is 53.5 Å². The van der Waals surface area contributed by atoms with Crippen molar-refractivity contribution in [2.45, 2.75) is 63.1 Å². The van der Waals surface area contributed by atoms with E-state index in [-0.39, 0.29) is 22.4 Å². The number of nitrogens with one attached hydrogen (secondary N) is 2. The molecule has 0 aliphatic carbocycles. The van der Waals surface area contributed by atoms with Gasteiger partial charge >= 0.3 is 0 Å². The summed E-state index contributed by atoms with van der Waals surface area (Å²) in [5.41, 5.74) is 2.92. The molecule has 0 saturated carbocycles. The summed E-state index contributed by atoms with van der Waals surface area (Å²) < 4.78 is 0. The van der Waals surface area contributed by atoms with E-state index in [4.69, 9.17) is 0 Å². The second kappa shape index (κ2) is 7.99. The van der Waals surface area contributed by atoms with Crippen LogP contribution < -0.4 is 15.8 Å². The number of hydrogen-bond donors (Lipinski definition) is 3. The molecule has 3 aromatic rings. The van der Waals surface area contributed by atoms with Crippen LogP contribution in [0.3, 0.4) is 0 Å². The maximum atomic E-state index is 11.6. The van der Waals surface area contributed by atoms with Gasteiger partial charge in [-0.25, -0.2) is 0 Å². The summed E-state index contributed by atoms with van der Waals surface area (Å²) in [7, 11) is 2.11. The first-order valence-electron chi connectivity index (χ1n) is 11.6. The Bertz CT molecular complexity index is 1210. The number of pyridine rings is 1. The second-order valence-electron chi connectivity index (χ2n) is 10.2. The number of aromatic nitrogens is 3. The molecule has 2 bridgehead atoms. The van der Waals surface area contributed by atoms with Crippen LogP contribution in [-0.2, 0) is 0 Å². The number of phenols is 1. The summed E-state index contributed by atoms with van der Waals surface area (Å²) in [6.45, 7) is 4.69. The number of nitrogens with zero attached hydrogens (tertiary/aromatic N) is 3. The fraction of sp³-hybridized carbons (Fsp3) is 0.423. The van der Waals surface area contributed by atoms with E-state index in [2.05, 4.69) is 46.3 Å². The van der Waals surface area contributed by atoms with Crippen LogP contribution in [0.4, 0.5) is 5.82 Å². The number of H-pyrrole nitrogens is 1. The van der Waals surface area contributed by atoms with Crippen LogP contribution in [0, 0.1) is 0 Å². The van der Waals surface area contributed by atoms with Crippen molar-refractivity contribution < 1.29 is 5.11 Å². The van der Waals surface area contributed by atoms with E-state index in [0.717, 1.165) is 29.8 Å². The van der Waals surface area contributed by atoms with Crippen LogP contribution in [-0.4, -0.2) is 44.5 Å². The van der Waals surface area contributed by atoms with E-state index in [1.54, 1.807) is 18.3 Å². The number of fused-ring (bicyclic) bond motifs is 2. The molecule has 0 radical (unpaired) electrons.